The lowest BCUT2D eigenvalue weighted by Crippen LogP contribution is -2.63. The van der Waals surface area contributed by atoms with E-state index in [0.717, 1.165) is 23.3 Å². The third-order valence-electron chi connectivity index (χ3n) is 8.97. The molecule has 4 atom stereocenters. The van der Waals surface area contributed by atoms with E-state index in [-0.39, 0.29) is 55.5 Å². The maximum Gasteiger partial charge on any atom is 0.267 e. The number of ether oxygens (including phenoxy) is 1. The average molecular weight is 623 g/mol. The number of carbonyl (C=O) groups excluding carboxylic acids is 3. The van der Waals surface area contributed by atoms with Gasteiger partial charge in [-0.1, -0.05) is 83.5 Å². The van der Waals surface area contributed by atoms with Crippen LogP contribution in [0, 0.1) is 11.8 Å². The highest BCUT2D eigenvalue weighted by molar-refractivity contribution is 5.94. The van der Waals surface area contributed by atoms with Crippen molar-refractivity contribution in [3.05, 3.63) is 65.7 Å². The van der Waals surface area contributed by atoms with Crippen LogP contribution in [-0.4, -0.2) is 70.7 Å². The summed E-state index contributed by atoms with van der Waals surface area (Å²) >= 11 is 0. The molecule has 2 aromatic carbocycles. The molecule has 2 aromatic rings. The van der Waals surface area contributed by atoms with Gasteiger partial charge < -0.3 is 20.5 Å². The van der Waals surface area contributed by atoms with E-state index in [0.29, 0.717) is 32.2 Å². The molecule has 9 nitrogen and oxygen atoms in total. The highest BCUT2D eigenvalue weighted by Gasteiger charge is 2.54. The summed E-state index contributed by atoms with van der Waals surface area (Å²) in [6, 6.07) is 17.1. The number of aryl methyl sites for hydroxylation is 1. The Balaban J connectivity index is 1.89. The maximum absolute atomic E-state index is 14.4. The summed E-state index contributed by atoms with van der Waals surface area (Å²) in [4.78, 5) is 41.3. The van der Waals surface area contributed by atoms with Gasteiger partial charge in [0.2, 0.25) is 11.8 Å². The van der Waals surface area contributed by atoms with E-state index in [2.05, 4.69) is 24.5 Å². The number of nitrogens with zero attached hydrogens (tertiary/aromatic N) is 2. The van der Waals surface area contributed by atoms with Gasteiger partial charge in [0, 0.05) is 32.5 Å². The summed E-state index contributed by atoms with van der Waals surface area (Å²) in [5, 5.41) is 21.2. The second-order valence-electron chi connectivity index (χ2n) is 12.7. The molecule has 0 saturated carbocycles. The molecule has 45 heavy (non-hydrogen) atoms. The van der Waals surface area contributed by atoms with Crippen LogP contribution in [0.1, 0.15) is 84.3 Å². The van der Waals surface area contributed by atoms with Gasteiger partial charge in [-0.2, -0.15) is 0 Å². The number of rotatable bonds is 18. The molecule has 0 aliphatic carbocycles. The second-order valence-corrected chi connectivity index (χ2v) is 12.7. The molecule has 0 aromatic heterocycles. The SMILES string of the molecule is CCC(=O)N[C@]1(C(C)CC)CCN(N(C(=O)CCCc2ccccc2)[C@H](CC(C)C)[C@@H](O)CNCc2cccc(OC)c2)C1=O. The van der Waals surface area contributed by atoms with Gasteiger partial charge in [-0.15, -0.1) is 0 Å². The van der Waals surface area contributed by atoms with Gasteiger partial charge in [0.25, 0.3) is 5.91 Å². The maximum atomic E-state index is 14.4. The van der Waals surface area contributed by atoms with Crippen LogP contribution >= 0.6 is 0 Å². The van der Waals surface area contributed by atoms with Gasteiger partial charge in [-0.05, 0) is 60.8 Å². The van der Waals surface area contributed by atoms with Crippen LogP contribution in [-0.2, 0) is 27.3 Å². The molecule has 0 spiro atoms. The summed E-state index contributed by atoms with van der Waals surface area (Å²) in [7, 11) is 1.63. The van der Waals surface area contributed by atoms with Crippen molar-refractivity contribution in [1.82, 2.24) is 20.7 Å². The standard InChI is InChI=1S/C36H54N4O5/c1-7-27(5)36(38-33(42)8-2)20-21-39(35(36)44)40(34(43)19-13-16-28-14-10-9-11-15-28)31(22-26(3)4)32(41)25-37-24-29-17-12-18-30(23-29)45-6/h9-12,14-15,17-18,23,26-27,31-32,37,41H,7-8,13,16,19-22,24-25H2,1-6H3,(H,38,42)/t27?,31-,32+,36+/m1/s1. The van der Waals surface area contributed by atoms with Gasteiger partial charge in [0.05, 0.1) is 19.3 Å². The number of hydrogen-bond acceptors (Lipinski definition) is 6. The van der Waals surface area contributed by atoms with E-state index in [4.69, 9.17) is 4.74 Å². The lowest BCUT2D eigenvalue weighted by molar-refractivity contribution is -0.174. The monoisotopic (exact) mass is 622 g/mol. The van der Waals surface area contributed by atoms with Crippen LogP contribution in [0.25, 0.3) is 0 Å². The fraction of sp³-hybridized carbons (Fsp3) is 0.583. The number of carbonyl (C=O) groups is 3. The Morgan fingerprint density at radius 2 is 1.78 bits per heavy atom. The van der Waals surface area contributed by atoms with E-state index >= 15 is 0 Å². The molecule has 1 fully saturated rings. The van der Waals surface area contributed by atoms with Gasteiger partial charge in [0.15, 0.2) is 0 Å². The van der Waals surface area contributed by atoms with Gasteiger partial charge >= 0.3 is 0 Å². The topological polar surface area (TPSA) is 111 Å². The Morgan fingerprint density at radius 3 is 2.42 bits per heavy atom. The van der Waals surface area contributed by atoms with Crippen molar-refractivity contribution >= 4 is 17.7 Å². The lowest BCUT2D eigenvalue weighted by Gasteiger charge is -2.43. The summed E-state index contributed by atoms with van der Waals surface area (Å²) < 4.78 is 5.34. The van der Waals surface area contributed by atoms with Crippen LogP contribution in [0.2, 0.25) is 0 Å². The summed E-state index contributed by atoms with van der Waals surface area (Å²) in [5.41, 5.74) is 1.06. The third kappa shape index (κ3) is 9.53. The average Bonchev–Trinajstić information content (AvgIpc) is 3.36. The van der Waals surface area contributed by atoms with Crippen molar-refractivity contribution in [3.63, 3.8) is 0 Å². The number of amides is 3. The highest BCUT2D eigenvalue weighted by atomic mass is 16.5. The molecule has 1 aliphatic rings. The Hall–Kier alpha value is -3.43. The molecule has 1 saturated heterocycles. The van der Waals surface area contributed by atoms with Crippen LogP contribution in [0.4, 0.5) is 0 Å². The van der Waals surface area contributed by atoms with Crippen LogP contribution in [0.5, 0.6) is 5.75 Å². The Morgan fingerprint density at radius 1 is 1.07 bits per heavy atom. The molecule has 1 unspecified atom stereocenters. The van der Waals surface area contributed by atoms with E-state index in [1.807, 2.05) is 68.4 Å². The number of hydrogen-bond donors (Lipinski definition) is 3. The molecule has 1 heterocycles. The second kappa shape index (κ2) is 17.3. The zero-order valence-electron chi connectivity index (χ0n) is 28.1. The summed E-state index contributed by atoms with van der Waals surface area (Å²) in [6.07, 6.45) is 2.51. The molecular weight excluding hydrogens is 568 g/mol. The molecule has 3 amide bonds. The summed E-state index contributed by atoms with van der Waals surface area (Å²) in [6.45, 7) is 10.9. The van der Waals surface area contributed by atoms with E-state index in [9.17, 15) is 19.5 Å². The zero-order valence-corrected chi connectivity index (χ0v) is 28.1. The molecule has 1 aliphatic heterocycles. The van der Waals surface area contributed by atoms with Crippen molar-refractivity contribution in [2.45, 2.75) is 104 Å². The molecule has 3 N–H and O–H groups in total. The third-order valence-corrected chi connectivity index (χ3v) is 8.97. The predicted molar refractivity (Wildman–Crippen MR) is 177 cm³/mol. The highest BCUT2D eigenvalue weighted by Crippen LogP contribution is 2.35. The minimum absolute atomic E-state index is 0.126. The van der Waals surface area contributed by atoms with Crippen molar-refractivity contribution < 1.29 is 24.2 Å². The summed E-state index contributed by atoms with van der Waals surface area (Å²) in [5.74, 6) is 0.121. The first-order chi connectivity index (χ1) is 21.6. The Kier molecular flexibility index (Phi) is 13.9. The number of hydrazine groups is 1. The first-order valence-electron chi connectivity index (χ1n) is 16.6. The quantitative estimate of drug-likeness (QED) is 0.219. The van der Waals surface area contributed by atoms with Crippen molar-refractivity contribution in [3.8, 4) is 5.75 Å². The smallest absolute Gasteiger partial charge is 0.267 e. The van der Waals surface area contributed by atoms with E-state index in [1.165, 1.54) is 5.01 Å². The fourth-order valence-electron chi connectivity index (χ4n) is 6.20. The van der Waals surface area contributed by atoms with Crippen LogP contribution in [0.15, 0.2) is 54.6 Å². The number of benzene rings is 2. The first kappa shape index (κ1) is 36.0. The van der Waals surface area contributed by atoms with Crippen molar-refractivity contribution in [2.75, 3.05) is 20.2 Å². The van der Waals surface area contributed by atoms with E-state index < -0.39 is 17.7 Å². The predicted octanol–water partition coefficient (Wildman–Crippen LogP) is 4.87. The molecule has 9 heteroatoms. The fourth-order valence-corrected chi connectivity index (χ4v) is 6.20. The molecule has 3 rings (SSSR count). The number of aliphatic hydroxyl groups is 1. The largest absolute Gasteiger partial charge is 0.497 e. The van der Waals surface area contributed by atoms with Gasteiger partial charge in [-0.25, -0.2) is 10.0 Å². The van der Waals surface area contributed by atoms with Gasteiger partial charge in [0.1, 0.15) is 11.3 Å². The van der Waals surface area contributed by atoms with Crippen LogP contribution in [0.3, 0.4) is 0 Å². The molecule has 0 bridgehead atoms. The zero-order chi connectivity index (χ0) is 33.0. The first-order valence-corrected chi connectivity index (χ1v) is 16.6. The number of aliphatic hydroxyl groups excluding tert-OH is 1. The minimum Gasteiger partial charge on any atom is -0.497 e. The molecule has 248 valence electrons. The number of nitrogens with one attached hydrogen (secondary N) is 2. The normalized spacial score (nSPS) is 18.5. The molecular formula is C36H54N4O5. The van der Waals surface area contributed by atoms with Crippen molar-refractivity contribution in [1.29, 1.82) is 0 Å². The van der Waals surface area contributed by atoms with Crippen LogP contribution < -0.4 is 15.4 Å². The number of methoxy groups -OCH3 is 1. The molecule has 0 radical (unpaired) electrons. The van der Waals surface area contributed by atoms with E-state index in [1.54, 1.807) is 19.0 Å². The lowest BCUT2D eigenvalue weighted by atomic mass is 9.81. The van der Waals surface area contributed by atoms with Gasteiger partial charge in [-0.3, -0.25) is 14.4 Å². The van der Waals surface area contributed by atoms with Crippen molar-refractivity contribution in [2.24, 2.45) is 11.8 Å². The Labute approximate surface area is 269 Å². The minimum atomic E-state index is -1.09. The Bertz CT molecular complexity index is 1240.